The van der Waals surface area contributed by atoms with Crippen LogP contribution < -0.4 is 14.8 Å². The molecule has 12 nitrogen and oxygen atoms in total. The molecule has 0 bridgehead atoms. The van der Waals surface area contributed by atoms with E-state index in [1.54, 1.807) is 0 Å². The second-order valence-corrected chi connectivity index (χ2v) is 13.8. The smallest absolute Gasteiger partial charge is 0.258 e. The number of sulfonamides is 1. The lowest BCUT2D eigenvalue weighted by Gasteiger charge is -2.28. The minimum atomic E-state index is -3.51. The summed E-state index contributed by atoms with van der Waals surface area (Å²) in [6.45, 7) is 3.96. The van der Waals surface area contributed by atoms with Crippen molar-refractivity contribution < 1.29 is 36.7 Å². The van der Waals surface area contributed by atoms with E-state index < -0.39 is 56.9 Å². The number of carbonyl (C=O) groups is 4. The molecule has 1 aromatic rings. The number of amides is 4. The van der Waals surface area contributed by atoms with Crippen molar-refractivity contribution in [1.29, 1.82) is 0 Å². The van der Waals surface area contributed by atoms with Crippen LogP contribution in [0.5, 0.6) is 5.75 Å². The lowest BCUT2D eigenvalue weighted by Crippen LogP contribution is -2.49. The minimum absolute atomic E-state index is 0.0214. The summed E-state index contributed by atoms with van der Waals surface area (Å²) in [4.78, 5) is 57.1. The van der Waals surface area contributed by atoms with E-state index >= 15 is 0 Å². The number of likely N-dealkylation sites (N-methyl/N-ethyl adjacent to an activating group) is 2. The summed E-state index contributed by atoms with van der Waals surface area (Å²) in [7, 11) is -0.615. The average Bonchev–Trinajstić information content (AvgIpc) is 3.72. The van der Waals surface area contributed by atoms with Crippen molar-refractivity contribution >= 4 is 33.7 Å². The summed E-state index contributed by atoms with van der Waals surface area (Å²) < 4.78 is 48.2. The van der Waals surface area contributed by atoms with Crippen molar-refractivity contribution in [3.63, 3.8) is 0 Å². The van der Waals surface area contributed by atoms with Gasteiger partial charge in [0.2, 0.25) is 27.7 Å². The highest BCUT2D eigenvalue weighted by Crippen LogP contribution is 2.30. The van der Waals surface area contributed by atoms with Gasteiger partial charge < -0.3 is 24.8 Å². The molecule has 42 heavy (non-hydrogen) atoms. The zero-order valence-electron chi connectivity index (χ0n) is 24.5. The molecule has 4 rings (SSSR count). The first kappa shape index (κ1) is 31.7. The molecule has 2 aliphatic heterocycles. The molecule has 232 valence electrons. The van der Waals surface area contributed by atoms with Gasteiger partial charge in [0.25, 0.3) is 5.91 Å². The number of benzene rings is 1. The third-order valence-electron chi connectivity index (χ3n) is 7.84. The Morgan fingerprint density at radius 1 is 1.12 bits per heavy atom. The number of rotatable bonds is 6. The topological polar surface area (TPSA) is 145 Å². The highest BCUT2D eigenvalue weighted by atomic mass is 32.2. The molecule has 0 radical (unpaired) electrons. The predicted octanol–water partition coefficient (Wildman–Crippen LogP) is 0.721. The SMILES string of the molecule is CC(C)CNC(=O)[C@@H]1CCC(=O)N(C)CC(=O)N2C[C@@H](NS(=O)(=O)C3CC3)C[C@H]2COc2ccc(F)cc2C(=O)N1C. The van der Waals surface area contributed by atoms with Gasteiger partial charge in [-0.05, 0) is 49.8 Å². The largest absolute Gasteiger partial charge is 0.491 e. The van der Waals surface area contributed by atoms with Crippen LogP contribution in [-0.4, -0.2) is 110 Å². The van der Waals surface area contributed by atoms with Crippen LogP contribution in [0.15, 0.2) is 18.2 Å². The van der Waals surface area contributed by atoms with Crippen LogP contribution in [0.25, 0.3) is 0 Å². The van der Waals surface area contributed by atoms with Gasteiger partial charge in [0.05, 0.1) is 23.4 Å². The van der Waals surface area contributed by atoms with Gasteiger partial charge in [0.15, 0.2) is 0 Å². The summed E-state index contributed by atoms with van der Waals surface area (Å²) in [6, 6.07) is 1.34. The lowest BCUT2D eigenvalue weighted by molar-refractivity contribution is -0.140. The number of halogens is 1. The molecule has 2 fully saturated rings. The Balaban J connectivity index is 1.64. The van der Waals surface area contributed by atoms with Gasteiger partial charge in [-0.1, -0.05) is 13.8 Å². The Morgan fingerprint density at radius 3 is 2.50 bits per heavy atom. The summed E-state index contributed by atoms with van der Waals surface area (Å²) in [5.74, 6) is -2.37. The molecule has 0 unspecified atom stereocenters. The van der Waals surface area contributed by atoms with Gasteiger partial charge in [0, 0.05) is 39.6 Å². The Kier molecular flexibility index (Phi) is 9.76. The fraction of sp³-hybridized carbons (Fsp3) is 0.643. The molecule has 1 saturated heterocycles. The van der Waals surface area contributed by atoms with Gasteiger partial charge in [-0.3, -0.25) is 19.2 Å². The van der Waals surface area contributed by atoms with E-state index in [0.717, 1.165) is 12.1 Å². The maximum atomic E-state index is 14.4. The number of nitrogens with one attached hydrogen (secondary N) is 2. The fourth-order valence-corrected chi connectivity index (χ4v) is 6.83. The second-order valence-electron chi connectivity index (χ2n) is 11.8. The van der Waals surface area contributed by atoms with Crippen LogP contribution in [0.1, 0.15) is 56.3 Å². The van der Waals surface area contributed by atoms with Crippen molar-refractivity contribution in [1.82, 2.24) is 24.7 Å². The molecule has 3 aliphatic rings. The third kappa shape index (κ3) is 7.57. The maximum absolute atomic E-state index is 14.4. The Morgan fingerprint density at radius 2 is 1.83 bits per heavy atom. The van der Waals surface area contributed by atoms with E-state index in [2.05, 4.69) is 10.0 Å². The number of nitrogens with zero attached hydrogens (tertiary/aromatic N) is 3. The molecular weight excluding hydrogens is 569 g/mol. The standard InChI is InChI=1S/C28H40FN5O7S/c1-17(2)13-30-27(37)23-8-10-25(35)32(3)15-26(36)34-14-19(31-42(39,40)21-6-7-21)12-20(34)16-41-24-9-5-18(29)11-22(24)28(38)33(23)4/h5,9,11,17,19-21,23,31H,6-8,10,12-16H2,1-4H3,(H,30,37)/t19-,20-,23-/m0/s1. The van der Waals surface area contributed by atoms with Crippen LogP contribution in [0.4, 0.5) is 4.39 Å². The van der Waals surface area contributed by atoms with Crippen LogP contribution >= 0.6 is 0 Å². The Hall–Kier alpha value is -3.26. The summed E-state index contributed by atoms with van der Waals surface area (Å²) in [6.07, 6.45) is 1.31. The average molecular weight is 610 g/mol. The zero-order chi connectivity index (χ0) is 30.8. The third-order valence-corrected chi connectivity index (χ3v) is 9.85. The quantitative estimate of drug-likeness (QED) is 0.484. The highest BCUT2D eigenvalue weighted by molar-refractivity contribution is 7.90. The van der Waals surface area contributed by atoms with Crippen molar-refractivity contribution in [3.8, 4) is 5.75 Å². The number of hydrogen-bond acceptors (Lipinski definition) is 7. The van der Waals surface area contributed by atoms with Crippen LogP contribution in [0.2, 0.25) is 0 Å². The van der Waals surface area contributed by atoms with Gasteiger partial charge in [-0.15, -0.1) is 0 Å². The molecule has 1 aliphatic carbocycles. The fourth-order valence-electron chi connectivity index (χ4n) is 5.24. The van der Waals surface area contributed by atoms with Gasteiger partial charge >= 0.3 is 0 Å². The van der Waals surface area contributed by atoms with E-state index in [4.69, 9.17) is 4.74 Å². The number of hydrogen-bond donors (Lipinski definition) is 2. The van der Waals surface area contributed by atoms with E-state index in [-0.39, 0.29) is 62.1 Å². The van der Waals surface area contributed by atoms with Gasteiger partial charge in [-0.25, -0.2) is 17.5 Å². The summed E-state index contributed by atoms with van der Waals surface area (Å²) in [5, 5.41) is 2.38. The molecule has 4 amide bonds. The monoisotopic (exact) mass is 609 g/mol. The first-order valence-corrected chi connectivity index (χ1v) is 15.8. The van der Waals surface area contributed by atoms with Crippen molar-refractivity contribution in [2.24, 2.45) is 5.92 Å². The van der Waals surface area contributed by atoms with E-state index in [9.17, 15) is 32.0 Å². The number of ether oxygens (including phenoxy) is 1. The van der Waals surface area contributed by atoms with Crippen molar-refractivity contribution in [2.75, 3.05) is 40.3 Å². The molecule has 1 saturated carbocycles. The second kappa shape index (κ2) is 12.9. The van der Waals surface area contributed by atoms with Crippen molar-refractivity contribution in [3.05, 3.63) is 29.6 Å². The summed E-state index contributed by atoms with van der Waals surface area (Å²) >= 11 is 0. The molecule has 2 N–H and O–H groups in total. The highest BCUT2D eigenvalue weighted by Gasteiger charge is 2.42. The molecule has 3 atom stereocenters. The van der Waals surface area contributed by atoms with E-state index in [1.807, 2.05) is 13.8 Å². The molecule has 2 heterocycles. The summed E-state index contributed by atoms with van der Waals surface area (Å²) in [5.41, 5.74) is -0.112. The molecule has 0 spiro atoms. The van der Waals surface area contributed by atoms with E-state index in [1.165, 1.54) is 34.9 Å². The lowest BCUT2D eigenvalue weighted by atomic mass is 10.1. The van der Waals surface area contributed by atoms with Gasteiger partial charge in [0.1, 0.15) is 24.2 Å². The minimum Gasteiger partial charge on any atom is -0.491 e. The van der Waals surface area contributed by atoms with E-state index in [0.29, 0.717) is 19.4 Å². The first-order chi connectivity index (χ1) is 19.8. The van der Waals surface area contributed by atoms with Crippen LogP contribution in [0.3, 0.4) is 0 Å². The van der Waals surface area contributed by atoms with Gasteiger partial charge in [-0.2, -0.15) is 0 Å². The molecular formula is C28H40FN5O7S. The van der Waals surface area contributed by atoms with Crippen LogP contribution in [-0.2, 0) is 24.4 Å². The number of carbonyl (C=O) groups excluding carboxylic acids is 4. The molecule has 14 heteroatoms. The molecule has 0 aromatic heterocycles. The first-order valence-electron chi connectivity index (χ1n) is 14.3. The Labute approximate surface area is 246 Å². The van der Waals surface area contributed by atoms with Crippen LogP contribution in [0, 0.1) is 11.7 Å². The predicted molar refractivity (Wildman–Crippen MR) is 151 cm³/mol. The maximum Gasteiger partial charge on any atom is 0.258 e. The number of fused-ring (bicyclic) bond motifs is 2. The van der Waals surface area contributed by atoms with Crippen molar-refractivity contribution in [2.45, 2.75) is 69.3 Å². The zero-order valence-corrected chi connectivity index (χ0v) is 25.3. The Bertz CT molecular complexity index is 1320. The molecule has 1 aromatic carbocycles. The normalized spacial score (nSPS) is 24.6.